The smallest absolute Gasteiger partial charge is 0.281 e. The second kappa shape index (κ2) is 6.81. The van der Waals surface area contributed by atoms with Crippen molar-refractivity contribution in [1.82, 2.24) is 9.66 Å². The van der Waals surface area contributed by atoms with Crippen LogP contribution in [0.1, 0.15) is 34.4 Å². The van der Waals surface area contributed by atoms with Crippen molar-refractivity contribution in [1.29, 1.82) is 0 Å². The van der Waals surface area contributed by atoms with Crippen molar-refractivity contribution in [2.24, 2.45) is 0 Å². The third kappa shape index (κ3) is 3.01. The van der Waals surface area contributed by atoms with E-state index in [4.69, 9.17) is 12.2 Å². The zero-order chi connectivity index (χ0) is 18.3. The molecule has 0 aliphatic heterocycles. The molecule has 2 aromatic heterocycles. The normalized spacial score (nSPS) is 13.5. The van der Waals surface area contributed by atoms with Crippen LogP contribution < -0.4 is 16.3 Å². The van der Waals surface area contributed by atoms with Crippen LogP contribution in [0.15, 0.2) is 29.3 Å². The first kappa shape index (κ1) is 17.2. The number of hydrogen-bond acceptors (Lipinski definition) is 4. The van der Waals surface area contributed by atoms with Gasteiger partial charge in [0.2, 0.25) is 0 Å². The lowest BCUT2D eigenvalue weighted by atomic mass is 9.97. The summed E-state index contributed by atoms with van der Waals surface area (Å²) in [6, 6.07) is 6.05. The Morgan fingerprint density at radius 2 is 1.96 bits per heavy atom. The minimum Gasteiger partial charge on any atom is -0.331 e. The first-order valence-electron chi connectivity index (χ1n) is 8.70. The third-order valence-electron chi connectivity index (χ3n) is 4.82. The Bertz CT molecular complexity index is 1050. The highest BCUT2D eigenvalue weighted by molar-refractivity contribution is 7.80. The summed E-state index contributed by atoms with van der Waals surface area (Å²) in [6.07, 6.45) is 5.85. The molecule has 0 atom stereocenters. The molecule has 4 rings (SSSR count). The number of aromatic nitrogens is 2. The lowest BCUT2D eigenvalue weighted by molar-refractivity contribution is 0.699. The highest BCUT2D eigenvalue weighted by atomic mass is 32.1. The van der Waals surface area contributed by atoms with Gasteiger partial charge in [-0.1, -0.05) is 18.2 Å². The van der Waals surface area contributed by atoms with Crippen molar-refractivity contribution in [2.75, 3.05) is 10.7 Å². The van der Waals surface area contributed by atoms with Gasteiger partial charge in [0.05, 0.1) is 5.39 Å². The van der Waals surface area contributed by atoms with Gasteiger partial charge in [0.15, 0.2) is 5.11 Å². The number of nitrogens with zero attached hydrogens (tertiary/aromatic N) is 2. The number of para-hydroxylation sites is 1. The average molecular weight is 385 g/mol. The van der Waals surface area contributed by atoms with Crippen molar-refractivity contribution in [3.8, 4) is 0 Å². The van der Waals surface area contributed by atoms with E-state index in [2.05, 4.69) is 15.7 Å². The van der Waals surface area contributed by atoms with E-state index in [1.54, 1.807) is 11.3 Å². The van der Waals surface area contributed by atoms with Crippen molar-refractivity contribution in [3.63, 3.8) is 0 Å². The summed E-state index contributed by atoms with van der Waals surface area (Å²) in [7, 11) is 0. The molecule has 0 spiro atoms. The molecule has 134 valence electrons. The number of anilines is 1. The summed E-state index contributed by atoms with van der Waals surface area (Å²) >= 11 is 7.06. The number of rotatable bonds is 2. The van der Waals surface area contributed by atoms with Gasteiger partial charge in [-0.25, -0.2) is 9.66 Å². The van der Waals surface area contributed by atoms with E-state index in [0.717, 1.165) is 46.3 Å². The molecule has 0 unspecified atom stereocenters. The molecule has 7 heteroatoms. The van der Waals surface area contributed by atoms with E-state index in [0.29, 0.717) is 5.11 Å². The van der Waals surface area contributed by atoms with Gasteiger partial charge in [-0.05, 0) is 68.4 Å². The van der Waals surface area contributed by atoms with E-state index in [9.17, 15) is 4.79 Å². The van der Waals surface area contributed by atoms with Crippen LogP contribution in [0.4, 0.5) is 5.69 Å². The maximum Gasteiger partial charge on any atom is 0.281 e. The van der Waals surface area contributed by atoms with Crippen LogP contribution in [-0.2, 0) is 12.8 Å². The highest BCUT2D eigenvalue weighted by Crippen LogP contribution is 2.33. The maximum atomic E-state index is 13.0. The first-order valence-corrected chi connectivity index (χ1v) is 9.93. The number of thiocarbonyl (C=S) groups is 1. The van der Waals surface area contributed by atoms with Gasteiger partial charge in [-0.2, -0.15) is 0 Å². The van der Waals surface area contributed by atoms with Crippen LogP contribution in [-0.4, -0.2) is 14.8 Å². The van der Waals surface area contributed by atoms with E-state index in [-0.39, 0.29) is 5.56 Å². The van der Waals surface area contributed by atoms with Crippen LogP contribution in [0, 0.1) is 13.8 Å². The molecular formula is C19H20N4OS2. The molecule has 0 radical (unpaired) electrons. The zero-order valence-electron chi connectivity index (χ0n) is 14.8. The van der Waals surface area contributed by atoms with E-state index >= 15 is 0 Å². The molecule has 2 N–H and O–H groups in total. The van der Waals surface area contributed by atoms with Gasteiger partial charge in [-0.15, -0.1) is 11.3 Å². The minimum absolute atomic E-state index is 0.0833. The summed E-state index contributed by atoms with van der Waals surface area (Å²) < 4.78 is 1.38. The minimum atomic E-state index is -0.0833. The first-order chi connectivity index (χ1) is 12.5. The Labute approximate surface area is 161 Å². The quantitative estimate of drug-likeness (QED) is 0.657. The number of fused-ring (bicyclic) bond motifs is 3. The van der Waals surface area contributed by atoms with E-state index in [1.807, 2.05) is 32.0 Å². The summed E-state index contributed by atoms with van der Waals surface area (Å²) in [6.45, 7) is 4.05. The Morgan fingerprint density at radius 1 is 1.23 bits per heavy atom. The van der Waals surface area contributed by atoms with Gasteiger partial charge in [0.25, 0.3) is 5.56 Å². The topological polar surface area (TPSA) is 58.9 Å². The Hall–Kier alpha value is -2.25. The molecule has 0 fully saturated rings. The van der Waals surface area contributed by atoms with Crippen molar-refractivity contribution >= 4 is 44.6 Å². The maximum absolute atomic E-state index is 13.0. The molecule has 0 amide bonds. The number of benzene rings is 1. The Kier molecular flexibility index (Phi) is 4.50. The SMILES string of the molecule is Cc1cccc(C)c1NC(=S)Nn1cnc2sc3c(c2c1=O)CCCC3. The molecule has 3 aromatic rings. The van der Waals surface area contributed by atoms with Crippen molar-refractivity contribution in [2.45, 2.75) is 39.5 Å². The Morgan fingerprint density at radius 3 is 2.73 bits per heavy atom. The summed E-state index contributed by atoms with van der Waals surface area (Å²) in [5.41, 5.74) is 7.22. The number of nitrogens with one attached hydrogen (secondary N) is 2. The van der Waals surface area contributed by atoms with Gasteiger partial charge < -0.3 is 5.32 Å². The van der Waals surface area contributed by atoms with Crippen LogP contribution in [0.5, 0.6) is 0 Å². The predicted octanol–water partition coefficient (Wildman–Crippen LogP) is 3.89. The fourth-order valence-corrected chi connectivity index (χ4v) is 4.91. The molecule has 0 saturated heterocycles. The lowest BCUT2D eigenvalue weighted by Crippen LogP contribution is -2.36. The van der Waals surface area contributed by atoms with Crippen LogP contribution >= 0.6 is 23.6 Å². The zero-order valence-corrected chi connectivity index (χ0v) is 16.4. The van der Waals surface area contributed by atoms with Gasteiger partial charge in [0, 0.05) is 10.6 Å². The molecular weight excluding hydrogens is 364 g/mol. The van der Waals surface area contributed by atoms with Crippen LogP contribution in [0.25, 0.3) is 10.2 Å². The predicted molar refractivity (Wildman–Crippen MR) is 112 cm³/mol. The fraction of sp³-hybridized carbons (Fsp3) is 0.316. The van der Waals surface area contributed by atoms with Crippen molar-refractivity contribution < 1.29 is 0 Å². The molecule has 26 heavy (non-hydrogen) atoms. The molecule has 0 saturated carbocycles. The van der Waals surface area contributed by atoms with Gasteiger partial charge in [-0.3, -0.25) is 10.2 Å². The number of aryl methyl sites for hydroxylation is 4. The molecule has 1 aliphatic rings. The molecule has 0 bridgehead atoms. The molecule has 1 aliphatic carbocycles. The largest absolute Gasteiger partial charge is 0.331 e. The highest BCUT2D eigenvalue weighted by Gasteiger charge is 2.20. The monoisotopic (exact) mass is 384 g/mol. The average Bonchev–Trinajstić information content (AvgIpc) is 3.00. The second-order valence-corrected chi connectivity index (χ2v) is 8.14. The molecule has 5 nitrogen and oxygen atoms in total. The van der Waals surface area contributed by atoms with Gasteiger partial charge in [0.1, 0.15) is 11.2 Å². The summed E-state index contributed by atoms with van der Waals surface area (Å²) in [5, 5.41) is 4.31. The van der Waals surface area contributed by atoms with Crippen molar-refractivity contribution in [3.05, 3.63) is 56.4 Å². The summed E-state index contributed by atoms with van der Waals surface area (Å²) in [4.78, 5) is 19.6. The summed E-state index contributed by atoms with van der Waals surface area (Å²) in [5.74, 6) is 0. The molecule has 1 aromatic carbocycles. The lowest BCUT2D eigenvalue weighted by Gasteiger charge is -2.15. The second-order valence-electron chi connectivity index (χ2n) is 6.64. The van der Waals surface area contributed by atoms with Crippen LogP contribution in [0.2, 0.25) is 0 Å². The van der Waals surface area contributed by atoms with E-state index < -0.39 is 0 Å². The molecule has 2 heterocycles. The van der Waals surface area contributed by atoms with Crippen LogP contribution in [0.3, 0.4) is 0 Å². The number of thiophene rings is 1. The number of hydrogen-bond donors (Lipinski definition) is 2. The third-order valence-corrected chi connectivity index (χ3v) is 6.21. The Balaban J connectivity index is 1.64. The fourth-order valence-electron chi connectivity index (χ4n) is 3.49. The standard InChI is InChI=1S/C19H20N4OS2/c1-11-6-5-7-12(2)16(11)21-19(25)22-23-10-20-17-15(18(23)24)13-8-3-4-9-14(13)26-17/h5-7,10H,3-4,8-9H2,1-2H3,(H2,21,22,25). The van der Waals surface area contributed by atoms with E-state index in [1.165, 1.54) is 27.9 Å². The van der Waals surface area contributed by atoms with Gasteiger partial charge >= 0.3 is 0 Å².